The number of imide groups is 1. The van der Waals surface area contributed by atoms with Crippen LogP contribution in [0.1, 0.15) is 50.2 Å². The molecule has 0 spiro atoms. The van der Waals surface area contributed by atoms with Gasteiger partial charge < -0.3 is 19.5 Å². The van der Waals surface area contributed by atoms with Crippen LogP contribution in [0.2, 0.25) is 0 Å². The molecule has 0 saturated carbocycles. The molecule has 5 rings (SSSR count). The Morgan fingerprint density at radius 3 is 2.50 bits per heavy atom. The third kappa shape index (κ3) is 5.40. The maximum atomic E-state index is 12.9. The van der Waals surface area contributed by atoms with Crippen LogP contribution in [-0.2, 0) is 9.53 Å². The summed E-state index contributed by atoms with van der Waals surface area (Å²) < 4.78 is 17.3. The van der Waals surface area contributed by atoms with E-state index in [1.54, 1.807) is 42.5 Å². The standard InChI is InChI=1S/C30H30N2O6/c1-18-12-20(3)27(13-19(18)2)37-17-28(33)31-21-6-4-7-22(14-21)38-23-9-10-25-26(15-23)30(35)32(29(25)34)16-24-8-5-11-36-24/h4,6-7,9-10,12-15,24H,5,8,11,16-17H2,1-3H3,(H,31,33). The molecule has 0 radical (unpaired) electrons. The Bertz CT molecular complexity index is 1410. The molecule has 196 valence electrons. The van der Waals surface area contributed by atoms with Crippen molar-refractivity contribution in [3.63, 3.8) is 0 Å². The Morgan fingerprint density at radius 1 is 0.947 bits per heavy atom. The number of carbonyl (C=O) groups is 3. The zero-order chi connectivity index (χ0) is 26.8. The molecule has 2 aliphatic heterocycles. The van der Waals surface area contributed by atoms with Gasteiger partial charge in [0, 0.05) is 18.4 Å². The first-order valence-electron chi connectivity index (χ1n) is 12.7. The van der Waals surface area contributed by atoms with E-state index in [2.05, 4.69) is 5.32 Å². The Kier molecular flexibility index (Phi) is 7.15. The summed E-state index contributed by atoms with van der Waals surface area (Å²) in [6.45, 7) is 6.78. The van der Waals surface area contributed by atoms with Crippen molar-refractivity contribution in [1.82, 2.24) is 4.90 Å². The van der Waals surface area contributed by atoms with Crippen molar-refractivity contribution in [2.75, 3.05) is 25.1 Å². The van der Waals surface area contributed by atoms with Crippen LogP contribution in [0.5, 0.6) is 17.2 Å². The summed E-state index contributed by atoms with van der Waals surface area (Å²) in [6.07, 6.45) is 1.66. The molecule has 3 aromatic carbocycles. The lowest BCUT2D eigenvalue weighted by Crippen LogP contribution is -2.36. The molecule has 0 aromatic heterocycles. The minimum Gasteiger partial charge on any atom is -0.483 e. The number of fused-ring (bicyclic) bond motifs is 1. The fraction of sp³-hybridized carbons (Fsp3) is 0.300. The van der Waals surface area contributed by atoms with E-state index >= 15 is 0 Å². The summed E-state index contributed by atoms with van der Waals surface area (Å²) in [4.78, 5) is 39.5. The van der Waals surface area contributed by atoms with E-state index in [0.717, 1.165) is 24.0 Å². The number of amides is 3. The second kappa shape index (κ2) is 10.7. The third-order valence-electron chi connectivity index (χ3n) is 6.86. The maximum absolute atomic E-state index is 12.9. The smallest absolute Gasteiger partial charge is 0.262 e. The van der Waals surface area contributed by atoms with Crippen LogP contribution in [0, 0.1) is 20.8 Å². The summed E-state index contributed by atoms with van der Waals surface area (Å²) in [7, 11) is 0. The van der Waals surface area contributed by atoms with E-state index in [-0.39, 0.29) is 37.0 Å². The molecule has 1 fully saturated rings. The number of ether oxygens (including phenoxy) is 3. The van der Waals surface area contributed by atoms with Gasteiger partial charge in [0.15, 0.2) is 6.61 Å². The number of nitrogens with one attached hydrogen (secondary N) is 1. The lowest BCUT2D eigenvalue weighted by Gasteiger charge is -2.17. The van der Waals surface area contributed by atoms with Crippen molar-refractivity contribution in [1.29, 1.82) is 0 Å². The molecule has 0 aliphatic carbocycles. The van der Waals surface area contributed by atoms with Crippen LogP contribution in [0.4, 0.5) is 5.69 Å². The molecule has 2 heterocycles. The summed E-state index contributed by atoms with van der Waals surface area (Å²) in [6, 6.07) is 15.7. The molecule has 1 saturated heterocycles. The highest BCUT2D eigenvalue weighted by Gasteiger charge is 2.37. The predicted molar refractivity (Wildman–Crippen MR) is 142 cm³/mol. The molecule has 38 heavy (non-hydrogen) atoms. The maximum Gasteiger partial charge on any atom is 0.262 e. The van der Waals surface area contributed by atoms with Crippen LogP contribution in [-0.4, -0.2) is 48.5 Å². The molecular weight excluding hydrogens is 484 g/mol. The van der Waals surface area contributed by atoms with Gasteiger partial charge in [0.25, 0.3) is 17.7 Å². The van der Waals surface area contributed by atoms with Gasteiger partial charge in [-0.3, -0.25) is 19.3 Å². The summed E-state index contributed by atoms with van der Waals surface area (Å²) in [5.41, 5.74) is 4.47. The fourth-order valence-corrected chi connectivity index (χ4v) is 4.69. The number of rotatable bonds is 8. The number of nitrogens with zero attached hydrogens (tertiary/aromatic N) is 1. The summed E-state index contributed by atoms with van der Waals surface area (Å²) in [5.74, 6) is 0.621. The Labute approximate surface area is 221 Å². The van der Waals surface area contributed by atoms with Crippen molar-refractivity contribution in [2.24, 2.45) is 0 Å². The first-order chi connectivity index (χ1) is 18.3. The van der Waals surface area contributed by atoms with Crippen molar-refractivity contribution >= 4 is 23.4 Å². The van der Waals surface area contributed by atoms with E-state index < -0.39 is 0 Å². The molecule has 3 amide bonds. The second-order valence-electron chi connectivity index (χ2n) is 9.73. The van der Waals surface area contributed by atoms with Crippen molar-refractivity contribution in [3.8, 4) is 17.2 Å². The number of hydrogen-bond donors (Lipinski definition) is 1. The number of aryl methyl sites for hydroxylation is 3. The highest BCUT2D eigenvalue weighted by Crippen LogP contribution is 2.31. The Hall–Kier alpha value is -4.17. The zero-order valence-corrected chi connectivity index (χ0v) is 21.7. The van der Waals surface area contributed by atoms with Crippen LogP contribution in [0.25, 0.3) is 0 Å². The molecule has 1 unspecified atom stereocenters. The lowest BCUT2D eigenvalue weighted by molar-refractivity contribution is -0.118. The van der Waals surface area contributed by atoms with Crippen molar-refractivity contribution < 1.29 is 28.6 Å². The summed E-state index contributed by atoms with van der Waals surface area (Å²) in [5, 5.41) is 2.82. The van der Waals surface area contributed by atoms with E-state index in [1.807, 2.05) is 32.9 Å². The topological polar surface area (TPSA) is 94.2 Å². The van der Waals surface area contributed by atoms with Gasteiger partial charge in [-0.2, -0.15) is 0 Å². The van der Waals surface area contributed by atoms with E-state index in [1.165, 1.54) is 10.5 Å². The predicted octanol–water partition coefficient (Wildman–Crippen LogP) is 5.20. The third-order valence-corrected chi connectivity index (χ3v) is 6.86. The van der Waals surface area contributed by atoms with Gasteiger partial charge in [-0.25, -0.2) is 0 Å². The van der Waals surface area contributed by atoms with Gasteiger partial charge >= 0.3 is 0 Å². The number of benzene rings is 3. The van der Waals surface area contributed by atoms with Crippen LogP contribution in [0.15, 0.2) is 54.6 Å². The molecule has 8 nitrogen and oxygen atoms in total. The first-order valence-corrected chi connectivity index (χ1v) is 12.7. The SMILES string of the molecule is Cc1cc(C)c(OCC(=O)Nc2cccc(Oc3ccc4c(c3)C(=O)N(CC3CCCO3)C4=O)c2)cc1C. The number of anilines is 1. The zero-order valence-electron chi connectivity index (χ0n) is 21.7. The van der Waals surface area contributed by atoms with Crippen LogP contribution < -0.4 is 14.8 Å². The fourth-order valence-electron chi connectivity index (χ4n) is 4.69. The highest BCUT2D eigenvalue weighted by atomic mass is 16.5. The van der Waals surface area contributed by atoms with Gasteiger partial charge in [0.05, 0.1) is 23.8 Å². The number of hydrogen-bond acceptors (Lipinski definition) is 6. The second-order valence-corrected chi connectivity index (χ2v) is 9.73. The number of carbonyl (C=O) groups excluding carboxylic acids is 3. The van der Waals surface area contributed by atoms with E-state index in [9.17, 15) is 14.4 Å². The lowest BCUT2D eigenvalue weighted by atomic mass is 10.1. The average molecular weight is 515 g/mol. The van der Waals surface area contributed by atoms with Crippen molar-refractivity contribution in [2.45, 2.75) is 39.7 Å². The molecule has 0 bridgehead atoms. The molecule has 3 aromatic rings. The van der Waals surface area contributed by atoms with E-state index in [4.69, 9.17) is 14.2 Å². The van der Waals surface area contributed by atoms with Crippen LogP contribution in [0.3, 0.4) is 0 Å². The van der Waals surface area contributed by atoms with Crippen molar-refractivity contribution in [3.05, 3.63) is 82.4 Å². The Morgan fingerprint density at radius 2 is 1.71 bits per heavy atom. The molecule has 2 aliphatic rings. The van der Waals surface area contributed by atoms with Gasteiger partial charge in [0.1, 0.15) is 17.2 Å². The van der Waals surface area contributed by atoms with Gasteiger partial charge in [-0.1, -0.05) is 12.1 Å². The monoisotopic (exact) mass is 514 g/mol. The molecule has 8 heteroatoms. The quantitative estimate of drug-likeness (QED) is 0.416. The average Bonchev–Trinajstić information content (AvgIpc) is 3.48. The van der Waals surface area contributed by atoms with Gasteiger partial charge in [-0.15, -0.1) is 0 Å². The van der Waals surface area contributed by atoms with E-state index in [0.29, 0.717) is 40.7 Å². The Balaban J connectivity index is 1.21. The minimum atomic E-state index is -0.342. The van der Waals surface area contributed by atoms with Gasteiger partial charge in [-0.05, 0) is 86.7 Å². The van der Waals surface area contributed by atoms with Crippen LogP contribution >= 0.6 is 0 Å². The minimum absolute atomic E-state index is 0.110. The largest absolute Gasteiger partial charge is 0.483 e. The molecular formula is C30H30N2O6. The highest BCUT2D eigenvalue weighted by molar-refractivity contribution is 6.21. The first kappa shape index (κ1) is 25.5. The molecule has 1 atom stereocenters. The van der Waals surface area contributed by atoms with Gasteiger partial charge in [0.2, 0.25) is 0 Å². The summed E-state index contributed by atoms with van der Waals surface area (Å²) >= 11 is 0. The normalized spacial score (nSPS) is 16.5. The molecule has 1 N–H and O–H groups in total.